The van der Waals surface area contributed by atoms with Crippen LogP contribution in [0.5, 0.6) is 0 Å². The van der Waals surface area contributed by atoms with E-state index in [0.717, 1.165) is 12.0 Å². The second-order valence-electron chi connectivity index (χ2n) is 8.22. The molecule has 0 aromatic heterocycles. The van der Waals surface area contributed by atoms with Gasteiger partial charge < -0.3 is 15.1 Å². The highest BCUT2D eigenvalue weighted by Gasteiger charge is 2.41. The Balaban J connectivity index is 1.85. The Bertz CT molecular complexity index is 316. The minimum Gasteiger partial charge on any atom is -0.313 e. The lowest BCUT2D eigenvalue weighted by atomic mass is 9.84. The number of hydrogen-bond donors (Lipinski definition) is 1. The number of rotatable bonds is 7. The van der Waals surface area contributed by atoms with Crippen molar-refractivity contribution >= 4 is 0 Å². The lowest BCUT2D eigenvalue weighted by Gasteiger charge is -2.34. The lowest BCUT2D eigenvalue weighted by Crippen LogP contribution is -2.47. The molecular weight excluding hydrogens is 258 g/mol. The predicted molar refractivity (Wildman–Crippen MR) is 91.7 cm³/mol. The van der Waals surface area contributed by atoms with Crippen molar-refractivity contribution in [1.29, 1.82) is 0 Å². The van der Waals surface area contributed by atoms with E-state index in [1.165, 1.54) is 58.3 Å². The van der Waals surface area contributed by atoms with Crippen LogP contribution in [0.25, 0.3) is 0 Å². The summed E-state index contributed by atoms with van der Waals surface area (Å²) in [5.74, 6) is 0.822. The molecule has 2 rings (SSSR count). The van der Waals surface area contributed by atoms with E-state index in [0.29, 0.717) is 11.5 Å². The first-order valence-corrected chi connectivity index (χ1v) is 9.06. The molecule has 124 valence electrons. The molecule has 1 aliphatic heterocycles. The average molecular weight is 296 g/mol. The number of hydrogen-bond acceptors (Lipinski definition) is 3. The van der Waals surface area contributed by atoms with Gasteiger partial charge in [-0.25, -0.2) is 0 Å². The van der Waals surface area contributed by atoms with Crippen molar-refractivity contribution in [2.75, 3.05) is 40.3 Å². The molecule has 2 aliphatic rings. The van der Waals surface area contributed by atoms with Gasteiger partial charge in [-0.2, -0.15) is 0 Å². The van der Waals surface area contributed by atoms with Crippen molar-refractivity contribution in [3.05, 3.63) is 0 Å². The molecule has 0 radical (unpaired) electrons. The average Bonchev–Trinajstić information content (AvgIpc) is 2.92. The Hall–Kier alpha value is -0.120. The first-order chi connectivity index (χ1) is 9.94. The molecule has 0 aromatic carbocycles. The summed E-state index contributed by atoms with van der Waals surface area (Å²) in [6.07, 6.45) is 6.76. The summed E-state index contributed by atoms with van der Waals surface area (Å²) < 4.78 is 0. The van der Waals surface area contributed by atoms with Crippen LogP contribution in [-0.2, 0) is 0 Å². The molecule has 0 spiro atoms. The van der Waals surface area contributed by atoms with Gasteiger partial charge in [-0.1, -0.05) is 20.8 Å². The van der Waals surface area contributed by atoms with Crippen molar-refractivity contribution in [2.45, 2.75) is 65.0 Å². The molecule has 3 nitrogen and oxygen atoms in total. The molecular formula is C18H37N3. The second kappa shape index (κ2) is 7.43. The molecule has 3 unspecified atom stereocenters. The number of likely N-dealkylation sites (tertiary alicyclic amines) is 1. The van der Waals surface area contributed by atoms with E-state index in [1.807, 2.05) is 0 Å². The first kappa shape index (κ1) is 17.2. The maximum absolute atomic E-state index is 3.84. The van der Waals surface area contributed by atoms with Gasteiger partial charge in [0.1, 0.15) is 0 Å². The van der Waals surface area contributed by atoms with Crippen molar-refractivity contribution in [1.82, 2.24) is 15.1 Å². The van der Waals surface area contributed by atoms with Gasteiger partial charge in [-0.15, -0.1) is 0 Å². The van der Waals surface area contributed by atoms with Gasteiger partial charge in [0.15, 0.2) is 0 Å². The summed E-state index contributed by atoms with van der Waals surface area (Å²) in [6, 6.07) is 1.48. The standard InChI is InChI=1S/C18H37N3/c1-6-11-19-17-15(9-10-18(17,2)3)13-20(4)14-16-8-7-12-21(16)5/h15-17,19H,6-14H2,1-5H3. The molecule has 3 heteroatoms. The summed E-state index contributed by atoms with van der Waals surface area (Å²) in [7, 11) is 4.62. The third-order valence-electron chi connectivity index (χ3n) is 5.83. The zero-order valence-electron chi connectivity index (χ0n) is 15.0. The van der Waals surface area contributed by atoms with Crippen LogP contribution in [0, 0.1) is 11.3 Å². The van der Waals surface area contributed by atoms with Crippen LogP contribution in [0.2, 0.25) is 0 Å². The van der Waals surface area contributed by atoms with E-state index >= 15 is 0 Å². The van der Waals surface area contributed by atoms with Crippen molar-refractivity contribution in [3.63, 3.8) is 0 Å². The largest absolute Gasteiger partial charge is 0.313 e. The number of likely N-dealkylation sites (N-methyl/N-ethyl adjacent to an activating group) is 2. The molecule has 1 saturated heterocycles. The van der Waals surface area contributed by atoms with Crippen LogP contribution in [0.15, 0.2) is 0 Å². The fraction of sp³-hybridized carbons (Fsp3) is 1.00. The topological polar surface area (TPSA) is 18.5 Å². The SMILES string of the molecule is CCCNC1C(CN(C)CC2CCCN2C)CCC1(C)C. The maximum atomic E-state index is 3.84. The zero-order valence-corrected chi connectivity index (χ0v) is 15.0. The highest BCUT2D eigenvalue weighted by Crippen LogP contribution is 2.41. The van der Waals surface area contributed by atoms with E-state index in [-0.39, 0.29) is 0 Å². The quantitative estimate of drug-likeness (QED) is 0.779. The Kier molecular flexibility index (Phi) is 6.10. The molecule has 2 fully saturated rings. The fourth-order valence-electron chi connectivity index (χ4n) is 4.50. The van der Waals surface area contributed by atoms with E-state index in [9.17, 15) is 0 Å². The monoisotopic (exact) mass is 295 g/mol. The maximum Gasteiger partial charge on any atom is 0.0220 e. The molecule has 3 atom stereocenters. The highest BCUT2D eigenvalue weighted by molar-refractivity contribution is 4.97. The molecule has 1 aliphatic carbocycles. The second-order valence-corrected chi connectivity index (χ2v) is 8.22. The normalized spacial score (nSPS) is 33.1. The van der Waals surface area contributed by atoms with Gasteiger partial charge >= 0.3 is 0 Å². The summed E-state index contributed by atoms with van der Waals surface area (Å²) >= 11 is 0. The Labute approximate surface area is 132 Å². The predicted octanol–water partition coefficient (Wildman–Crippen LogP) is 2.82. The lowest BCUT2D eigenvalue weighted by molar-refractivity contribution is 0.172. The van der Waals surface area contributed by atoms with Gasteiger partial charge in [0.05, 0.1) is 0 Å². The third-order valence-corrected chi connectivity index (χ3v) is 5.83. The fourth-order valence-corrected chi connectivity index (χ4v) is 4.50. The van der Waals surface area contributed by atoms with Crippen LogP contribution in [0.3, 0.4) is 0 Å². The van der Waals surface area contributed by atoms with Gasteiger partial charge in [-0.05, 0) is 70.6 Å². The molecule has 0 aromatic rings. The van der Waals surface area contributed by atoms with E-state index in [1.54, 1.807) is 0 Å². The first-order valence-electron chi connectivity index (χ1n) is 9.06. The Morgan fingerprint density at radius 1 is 1.24 bits per heavy atom. The van der Waals surface area contributed by atoms with Gasteiger partial charge in [0.25, 0.3) is 0 Å². The smallest absolute Gasteiger partial charge is 0.0220 e. The molecule has 21 heavy (non-hydrogen) atoms. The number of nitrogens with zero attached hydrogens (tertiary/aromatic N) is 2. The van der Waals surface area contributed by atoms with Gasteiger partial charge in [0, 0.05) is 25.2 Å². The molecule has 0 bridgehead atoms. The molecule has 1 heterocycles. The highest BCUT2D eigenvalue weighted by atomic mass is 15.2. The third kappa shape index (κ3) is 4.43. The summed E-state index contributed by atoms with van der Waals surface area (Å²) in [4.78, 5) is 5.14. The summed E-state index contributed by atoms with van der Waals surface area (Å²) in [5, 5.41) is 3.84. The molecule has 1 saturated carbocycles. The van der Waals surface area contributed by atoms with Crippen LogP contribution >= 0.6 is 0 Å². The summed E-state index contributed by atoms with van der Waals surface area (Å²) in [6.45, 7) is 12.1. The van der Waals surface area contributed by atoms with Crippen molar-refractivity contribution in [2.24, 2.45) is 11.3 Å². The van der Waals surface area contributed by atoms with Crippen LogP contribution < -0.4 is 5.32 Å². The minimum atomic E-state index is 0.463. The van der Waals surface area contributed by atoms with Crippen molar-refractivity contribution < 1.29 is 0 Å². The minimum absolute atomic E-state index is 0.463. The van der Waals surface area contributed by atoms with Gasteiger partial charge in [-0.3, -0.25) is 0 Å². The van der Waals surface area contributed by atoms with Crippen LogP contribution in [0.1, 0.15) is 52.9 Å². The van der Waals surface area contributed by atoms with Gasteiger partial charge in [0.2, 0.25) is 0 Å². The summed E-state index contributed by atoms with van der Waals surface area (Å²) in [5.41, 5.74) is 0.463. The number of nitrogens with one attached hydrogen (secondary N) is 1. The molecule has 0 amide bonds. The van der Waals surface area contributed by atoms with Crippen LogP contribution in [0.4, 0.5) is 0 Å². The van der Waals surface area contributed by atoms with E-state index in [2.05, 4.69) is 50.0 Å². The Morgan fingerprint density at radius 2 is 2.00 bits per heavy atom. The van der Waals surface area contributed by atoms with E-state index in [4.69, 9.17) is 0 Å². The molecule has 1 N–H and O–H groups in total. The Morgan fingerprint density at radius 3 is 2.62 bits per heavy atom. The van der Waals surface area contributed by atoms with E-state index < -0.39 is 0 Å². The van der Waals surface area contributed by atoms with Crippen LogP contribution in [-0.4, -0.2) is 62.2 Å². The zero-order chi connectivity index (χ0) is 15.5. The van der Waals surface area contributed by atoms with Crippen molar-refractivity contribution in [3.8, 4) is 0 Å².